The van der Waals surface area contributed by atoms with Crippen LogP contribution in [0.5, 0.6) is 5.75 Å². The molecule has 0 fully saturated rings. The van der Waals surface area contributed by atoms with Crippen molar-refractivity contribution >= 4 is 22.2 Å². The molecule has 70 valence electrons. The fourth-order valence-electron chi connectivity index (χ4n) is 0.865. The fraction of sp³-hybridized carbons (Fsp3) is 0. The van der Waals surface area contributed by atoms with Gasteiger partial charge in [0.25, 0.3) is 0 Å². The van der Waals surface area contributed by atoms with Gasteiger partial charge in [-0.15, -0.1) is 21.6 Å². The predicted molar refractivity (Wildman–Crippen MR) is 54.4 cm³/mol. The van der Waals surface area contributed by atoms with Crippen LogP contribution in [-0.4, -0.2) is 10.1 Å². The summed E-state index contributed by atoms with van der Waals surface area (Å²) in [7, 11) is 0. The van der Waals surface area contributed by atoms with E-state index in [2.05, 4.69) is 15.2 Å². The van der Waals surface area contributed by atoms with E-state index in [4.69, 9.17) is 5.11 Å². The van der Waals surface area contributed by atoms with Gasteiger partial charge >= 0.3 is 0 Å². The highest BCUT2D eigenvalue weighted by Gasteiger charge is 1.92. The van der Waals surface area contributed by atoms with E-state index in [9.17, 15) is 0 Å². The van der Waals surface area contributed by atoms with E-state index in [-0.39, 0.29) is 5.75 Å². The van der Waals surface area contributed by atoms with Gasteiger partial charge in [0.1, 0.15) is 10.8 Å². The number of hydrogen-bond donors (Lipinski definition) is 1. The van der Waals surface area contributed by atoms with E-state index in [0.717, 1.165) is 5.00 Å². The number of pyridine rings is 1. The average Bonchev–Trinajstić information content (AvgIpc) is 2.70. The first kappa shape index (κ1) is 8.83. The van der Waals surface area contributed by atoms with Crippen molar-refractivity contribution in [2.24, 2.45) is 10.2 Å². The van der Waals surface area contributed by atoms with Crippen LogP contribution in [0.15, 0.2) is 46.1 Å². The molecule has 0 aromatic carbocycles. The number of azo groups is 1. The van der Waals surface area contributed by atoms with E-state index in [1.165, 1.54) is 23.6 Å². The van der Waals surface area contributed by atoms with Crippen LogP contribution in [0.3, 0.4) is 0 Å². The van der Waals surface area contributed by atoms with Crippen molar-refractivity contribution in [2.45, 2.75) is 0 Å². The molecular weight excluding hydrogens is 198 g/mol. The van der Waals surface area contributed by atoms with Crippen molar-refractivity contribution < 1.29 is 5.11 Å². The van der Waals surface area contributed by atoms with Crippen LogP contribution in [-0.2, 0) is 0 Å². The molecule has 2 aromatic rings. The van der Waals surface area contributed by atoms with Gasteiger partial charge in [0.15, 0.2) is 5.82 Å². The van der Waals surface area contributed by atoms with Crippen molar-refractivity contribution in [3.63, 3.8) is 0 Å². The third-order valence-corrected chi connectivity index (χ3v) is 2.24. The lowest BCUT2D eigenvalue weighted by Gasteiger charge is -1.90. The lowest BCUT2D eigenvalue weighted by Crippen LogP contribution is -1.70. The standard InChI is InChI=1S/C9H7N3OS/c13-7-3-4-8(10-6-7)11-12-9-2-1-5-14-9/h1-6,13H/b12-11+. The molecule has 0 unspecified atom stereocenters. The van der Waals surface area contributed by atoms with Gasteiger partial charge in [0.05, 0.1) is 6.20 Å². The molecular formula is C9H7N3OS. The zero-order valence-electron chi connectivity index (χ0n) is 7.16. The average molecular weight is 205 g/mol. The van der Waals surface area contributed by atoms with E-state index in [1.54, 1.807) is 6.07 Å². The lowest BCUT2D eigenvalue weighted by molar-refractivity contribution is 0.473. The third kappa shape index (κ3) is 2.14. The summed E-state index contributed by atoms with van der Waals surface area (Å²) in [6, 6.07) is 6.90. The normalized spacial score (nSPS) is 10.9. The van der Waals surface area contributed by atoms with Crippen LogP contribution < -0.4 is 0 Å². The SMILES string of the molecule is Oc1ccc(/N=N/c2cccs2)nc1. The van der Waals surface area contributed by atoms with Gasteiger partial charge in [0.2, 0.25) is 0 Å². The summed E-state index contributed by atoms with van der Waals surface area (Å²) in [4.78, 5) is 3.87. The highest BCUT2D eigenvalue weighted by atomic mass is 32.1. The summed E-state index contributed by atoms with van der Waals surface area (Å²) >= 11 is 1.51. The molecule has 0 saturated heterocycles. The Morgan fingerprint density at radius 3 is 2.79 bits per heavy atom. The van der Waals surface area contributed by atoms with Gasteiger partial charge in [-0.25, -0.2) is 4.98 Å². The molecule has 2 heterocycles. The number of nitrogens with zero attached hydrogens (tertiary/aromatic N) is 3. The van der Waals surface area contributed by atoms with E-state index in [0.29, 0.717) is 5.82 Å². The quantitative estimate of drug-likeness (QED) is 0.765. The van der Waals surface area contributed by atoms with Crippen LogP contribution in [0.2, 0.25) is 0 Å². The molecule has 1 N–H and O–H groups in total. The van der Waals surface area contributed by atoms with Gasteiger partial charge in [-0.3, -0.25) is 0 Å². The molecule has 0 aliphatic rings. The Labute approximate surface area is 84.6 Å². The minimum Gasteiger partial charge on any atom is -0.506 e. The Kier molecular flexibility index (Phi) is 2.51. The Morgan fingerprint density at radius 2 is 2.14 bits per heavy atom. The highest BCUT2D eigenvalue weighted by molar-refractivity contribution is 7.13. The molecule has 0 atom stereocenters. The molecule has 5 heteroatoms. The Hall–Kier alpha value is -1.75. The maximum absolute atomic E-state index is 8.98. The second kappa shape index (κ2) is 3.97. The molecule has 2 rings (SSSR count). The number of rotatable bonds is 2. The Bertz CT molecular complexity index is 422. The summed E-state index contributed by atoms with van der Waals surface area (Å²) in [5.74, 6) is 0.608. The van der Waals surface area contributed by atoms with Crippen LogP contribution >= 0.6 is 11.3 Å². The highest BCUT2D eigenvalue weighted by Crippen LogP contribution is 2.22. The predicted octanol–water partition coefficient (Wildman–Crippen LogP) is 3.26. The third-order valence-electron chi connectivity index (χ3n) is 1.49. The van der Waals surface area contributed by atoms with Gasteiger partial charge < -0.3 is 5.11 Å². The van der Waals surface area contributed by atoms with Gasteiger partial charge in [0, 0.05) is 0 Å². The molecule has 0 aliphatic heterocycles. The molecule has 0 amide bonds. The Balaban J connectivity index is 2.15. The van der Waals surface area contributed by atoms with Crippen LogP contribution in [0.4, 0.5) is 10.8 Å². The summed E-state index contributed by atoms with van der Waals surface area (Å²) in [6.07, 6.45) is 1.34. The first-order valence-corrected chi connectivity index (χ1v) is 4.83. The minimum absolute atomic E-state index is 0.125. The zero-order valence-corrected chi connectivity index (χ0v) is 7.98. The van der Waals surface area contributed by atoms with Crippen LogP contribution in [0, 0.1) is 0 Å². The molecule has 2 aromatic heterocycles. The molecule has 0 radical (unpaired) electrons. The molecule has 0 saturated carbocycles. The lowest BCUT2D eigenvalue weighted by atomic mass is 10.4. The van der Waals surface area contributed by atoms with E-state index < -0.39 is 0 Å². The van der Waals surface area contributed by atoms with Gasteiger partial charge in [-0.1, -0.05) is 0 Å². The number of aromatic hydroxyl groups is 1. The molecule has 0 aliphatic carbocycles. The summed E-state index contributed by atoms with van der Waals surface area (Å²) in [6.45, 7) is 0. The second-order valence-corrected chi connectivity index (χ2v) is 3.45. The number of aromatic nitrogens is 1. The number of thiophene rings is 1. The molecule has 0 bridgehead atoms. The van der Waals surface area contributed by atoms with Gasteiger partial charge in [-0.2, -0.15) is 0 Å². The van der Waals surface area contributed by atoms with Crippen molar-refractivity contribution in [3.05, 3.63) is 35.8 Å². The second-order valence-electron chi connectivity index (χ2n) is 2.53. The molecule has 0 spiro atoms. The molecule has 14 heavy (non-hydrogen) atoms. The zero-order chi connectivity index (χ0) is 9.80. The van der Waals surface area contributed by atoms with E-state index >= 15 is 0 Å². The maximum Gasteiger partial charge on any atom is 0.174 e. The maximum atomic E-state index is 8.98. The summed E-state index contributed by atoms with van der Waals surface area (Å²) < 4.78 is 0. The van der Waals surface area contributed by atoms with Crippen molar-refractivity contribution in [3.8, 4) is 5.75 Å². The van der Waals surface area contributed by atoms with Crippen molar-refractivity contribution in [1.29, 1.82) is 0 Å². The minimum atomic E-state index is 0.125. The fourth-order valence-corrected chi connectivity index (χ4v) is 1.41. The topological polar surface area (TPSA) is 57.8 Å². The smallest absolute Gasteiger partial charge is 0.174 e. The number of hydrogen-bond acceptors (Lipinski definition) is 5. The van der Waals surface area contributed by atoms with Crippen LogP contribution in [0.1, 0.15) is 0 Å². The van der Waals surface area contributed by atoms with Crippen molar-refractivity contribution in [1.82, 2.24) is 4.98 Å². The van der Waals surface area contributed by atoms with Crippen molar-refractivity contribution in [2.75, 3.05) is 0 Å². The first-order chi connectivity index (χ1) is 6.84. The summed E-state index contributed by atoms with van der Waals surface area (Å²) in [5, 5.41) is 19.6. The summed E-state index contributed by atoms with van der Waals surface area (Å²) in [5.41, 5.74) is 0. The van der Waals surface area contributed by atoms with E-state index in [1.807, 2.05) is 17.5 Å². The largest absolute Gasteiger partial charge is 0.506 e. The first-order valence-electron chi connectivity index (χ1n) is 3.95. The van der Waals surface area contributed by atoms with Gasteiger partial charge in [-0.05, 0) is 29.6 Å². The molecule has 4 nitrogen and oxygen atoms in total. The monoisotopic (exact) mass is 205 g/mol. The Morgan fingerprint density at radius 1 is 1.21 bits per heavy atom. The van der Waals surface area contributed by atoms with Crippen LogP contribution in [0.25, 0.3) is 0 Å².